The van der Waals surface area contributed by atoms with Crippen LogP contribution in [0.2, 0.25) is 0 Å². The summed E-state index contributed by atoms with van der Waals surface area (Å²) in [7, 11) is 1.49. The first-order valence-corrected chi connectivity index (χ1v) is 8.54. The highest BCUT2D eigenvalue weighted by molar-refractivity contribution is 5.78. The summed E-state index contributed by atoms with van der Waals surface area (Å²) in [6.45, 7) is 3.84. The normalized spacial score (nSPS) is 14.9. The van der Waals surface area contributed by atoms with E-state index in [-0.39, 0.29) is 31.1 Å². The molecule has 1 aromatic rings. The van der Waals surface area contributed by atoms with Gasteiger partial charge >= 0.3 is 0 Å². The van der Waals surface area contributed by atoms with Crippen molar-refractivity contribution < 1.29 is 23.8 Å². The van der Waals surface area contributed by atoms with Gasteiger partial charge < -0.3 is 24.4 Å². The van der Waals surface area contributed by atoms with Crippen LogP contribution in [-0.2, 0) is 14.3 Å². The molecule has 1 saturated heterocycles. The fraction of sp³-hybridized carbons (Fsp3) is 0.556. The SMILES string of the molecule is CCOc1ccc(OCC(=O)N2CCC(NC(=O)COC)CC2)cc1. The molecule has 25 heavy (non-hydrogen) atoms. The summed E-state index contributed by atoms with van der Waals surface area (Å²) in [5.41, 5.74) is 0. The van der Waals surface area contributed by atoms with Crippen LogP contribution in [0, 0.1) is 0 Å². The lowest BCUT2D eigenvalue weighted by Gasteiger charge is -2.32. The van der Waals surface area contributed by atoms with E-state index in [0.29, 0.717) is 25.4 Å². The predicted molar refractivity (Wildman–Crippen MR) is 92.7 cm³/mol. The summed E-state index contributed by atoms with van der Waals surface area (Å²) in [6.07, 6.45) is 1.48. The molecule has 138 valence electrons. The van der Waals surface area contributed by atoms with E-state index in [1.165, 1.54) is 7.11 Å². The Bertz CT molecular complexity index is 553. The van der Waals surface area contributed by atoms with Gasteiger partial charge in [0.25, 0.3) is 5.91 Å². The molecule has 2 rings (SSSR count). The van der Waals surface area contributed by atoms with E-state index in [1.54, 1.807) is 17.0 Å². The molecule has 1 aromatic carbocycles. The second kappa shape index (κ2) is 9.88. The molecule has 1 N–H and O–H groups in total. The van der Waals surface area contributed by atoms with E-state index in [9.17, 15) is 9.59 Å². The van der Waals surface area contributed by atoms with Crippen molar-refractivity contribution in [2.75, 3.05) is 40.0 Å². The molecule has 0 unspecified atom stereocenters. The van der Waals surface area contributed by atoms with Crippen LogP contribution in [-0.4, -0.2) is 62.8 Å². The summed E-state index contributed by atoms with van der Waals surface area (Å²) in [5.74, 6) is 1.25. The van der Waals surface area contributed by atoms with Crippen molar-refractivity contribution in [3.63, 3.8) is 0 Å². The average molecular weight is 350 g/mol. The third-order valence-electron chi connectivity index (χ3n) is 3.99. The number of carbonyl (C=O) groups excluding carboxylic acids is 2. The quantitative estimate of drug-likeness (QED) is 0.763. The molecule has 0 radical (unpaired) electrons. The van der Waals surface area contributed by atoms with Crippen molar-refractivity contribution in [2.45, 2.75) is 25.8 Å². The molecule has 0 saturated carbocycles. The minimum absolute atomic E-state index is 0.00861. The van der Waals surface area contributed by atoms with Gasteiger partial charge in [0.1, 0.15) is 18.1 Å². The molecule has 7 nitrogen and oxygen atoms in total. The number of nitrogens with zero attached hydrogens (tertiary/aromatic N) is 1. The maximum Gasteiger partial charge on any atom is 0.260 e. The van der Waals surface area contributed by atoms with Crippen LogP contribution in [0.4, 0.5) is 0 Å². The van der Waals surface area contributed by atoms with Crippen molar-refractivity contribution in [3.8, 4) is 11.5 Å². The highest BCUT2D eigenvalue weighted by Gasteiger charge is 2.24. The number of piperidine rings is 1. The van der Waals surface area contributed by atoms with E-state index in [2.05, 4.69) is 5.32 Å². The molecule has 1 aliphatic rings. The van der Waals surface area contributed by atoms with Gasteiger partial charge in [-0.15, -0.1) is 0 Å². The molecule has 1 aliphatic heterocycles. The van der Waals surface area contributed by atoms with Gasteiger partial charge in [0.15, 0.2) is 6.61 Å². The maximum atomic E-state index is 12.2. The number of nitrogens with one attached hydrogen (secondary N) is 1. The molecule has 1 heterocycles. The zero-order valence-electron chi connectivity index (χ0n) is 14.8. The summed E-state index contributed by atoms with van der Waals surface area (Å²) in [5, 5.41) is 2.91. The topological polar surface area (TPSA) is 77.1 Å². The van der Waals surface area contributed by atoms with Gasteiger partial charge in [-0.25, -0.2) is 0 Å². The van der Waals surface area contributed by atoms with Crippen molar-refractivity contribution in [1.29, 1.82) is 0 Å². The van der Waals surface area contributed by atoms with Crippen molar-refractivity contribution >= 4 is 11.8 Å². The van der Waals surface area contributed by atoms with E-state index in [1.807, 2.05) is 19.1 Å². The number of benzene rings is 1. The van der Waals surface area contributed by atoms with Crippen LogP contribution in [0.5, 0.6) is 11.5 Å². The van der Waals surface area contributed by atoms with Gasteiger partial charge in [-0.2, -0.15) is 0 Å². The molecule has 0 aromatic heterocycles. The third kappa shape index (κ3) is 6.26. The molecule has 7 heteroatoms. The molecule has 0 bridgehead atoms. The molecular weight excluding hydrogens is 324 g/mol. The predicted octanol–water partition coefficient (Wildman–Crippen LogP) is 1.22. The Morgan fingerprint density at radius 1 is 1.08 bits per heavy atom. The number of ether oxygens (including phenoxy) is 3. The number of hydrogen-bond acceptors (Lipinski definition) is 5. The molecule has 1 fully saturated rings. The number of amides is 2. The zero-order valence-corrected chi connectivity index (χ0v) is 14.8. The Morgan fingerprint density at radius 2 is 1.68 bits per heavy atom. The van der Waals surface area contributed by atoms with Gasteiger partial charge in [0, 0.05) is 26.2 Å². The fourth-order valence-electron chi connectivity index (χ4n) is 2.71. The van der Waals surface area contributed by atoms with Crippen LogP contribution < -0.4 is 14.8 Å². The van der Waals surface area contributed by atoms with Crippen LogP contribution >= 0.6 is 0 Å². The lowest BCUT2D eigenvalue weighted by atomic mass is 10.1. The number of likely N-dealkylation sites (tertiary alicyclic amines) is 1. The third-order valence-corrected chi connectivity index (χ3v) is 3.99. The Balaban J connectivity index is 1.70. The van der Waals surface area contributed by atoms with Crippen molar-refractivity contribution in [3.05, 3.63) is 24.3 Å². The largest absolute Gasteiger partial charge is 0.494 e. The van der Waals surface area contributed by atoms with Crippen LogP contribution in [0.1, 0.15) is 19.8 Å². The van der Waals surface area contributed by atoms with Crippen molar-refractivity contribution in [2.24, 2.45) is 0 Å². The van der Waals surface area contributed by atoms with E-state index >= 15 is 0 Å². The van der Waals surface area contributed by atoms with Crippen molar-refractivity contribution in [1.82, 2.24) is 10.2 Å². The smallest absolute Gasteiger partial charge is 0.260 e. The van der Waals surface area contributed by atoms with E-state index < -0.39 is 0 Å². The summed E-state index contributed by atoms with van der Waals surface area (Å²) < 4.78 is 15.7. The minimum Gasteiger partial charge on any atom is -0.494 e. The molecule has 0 spiro atoms. The van der Waals surface area contributed by atoms with E-state index in [0.717, 1.165) is 18.6 Å². The minimum atomic E-state index is -0.119. The number of hydrogen-bond donors (Lipinski definition) is 1. The first-order valence-electron chi connectivity index (χ1n) is 8.54. The van der Waals surface area contributed by atoms with Crippen LogP contribution in [0.15, 0.2) is 24.3 Å². The first-order chi connectivity index (χ1) is 12.1. The molecule has 0 aliphatic carbocycles. The van der Waals surface area contributed by atoms with Gasteiger partial charge in [0.2, 0.25) is 5.91 Å². The second-order valence-corrected chi connectivity index (χ2v) is 5.85. The van der Waals surface area contributed by atoms with Gasteiger partial charge in [-0.3, -0.25) is 9.59 Å². The number of carbonyl (C=O) groups is 2. The lowest BCUT2D eigenvalue weighted by Crippen LogP contribution is -2.48. The summed E-state index contributed by atoms with van der Waals surface area (Å²) in [4.78, 5) is 25.5. The van der Waals surface area contributed by atoms with Gasteiger partial charge in [0.05, 0.1) is 6.61 Å². The van der Waals surface area contributed by atoms with Gasteiger partial charge in [-0.1, -0.05) is 0 Å². The Kier molecular flexibility index (Phi) is 7.53. The lowest BCUT2D eigenvalue weighted by molar-refractivity contribution is -0.134. The fourth-order valence-corrected chi connectivity index (χ4v) is 2.71. The highest BCUT2D eigenvalue weighted by atomic mass is 16.5. The number of methoxy groups -OCH3 is 1. The molecular formula is C18H26N2O5. The zero-order chi connectivity index (χ0) is 18.1. The first kappa shape index (κ1) is 19.1. The Morgan fingerprint density at radius 3 is 2.24 bits per heavy atom. The van der Waals surface area contributed by atoms with Gasteiger partial charge in [-0.05, 0) is 44.0 Å². The Labute approximate surface area is 148 Å². The summed E-state index contributed by atoms with van der Waals surface area (Å²) >= 11 is 0. The van der Waals surface area contributed by atoms with Crippen LogP contribution in [0.25, 0.3) is 0 Å². The highest BCUT2D eigenvalue weighted by Crippen LogP contribution is 2.18. The monoisotopic (exact) mass is 350 g/mol. The maximum absolute atomic E-state index is 12.2. The number of rotatable bonds is 8. The molecule has 2 amide bonds. The Hall–Kier alpha value is -2.28. The standard InChI is InChI=1S/C18H26N2O5/c1-3-24-15-4-6-16(7-5-15)25-13-18(22)20-10-8-14(9-11-20)19-17(21)12-23-2/h4-7,14H,3,8-13H2,1-2H3,(H,19,21). The molecule has 0 atom stereocenters. The van der Waals surface area contributed by atoms with E-state index in [4.69, 9.17) is 14.2 Å². The second-order valence-electron chi connectivity index (χ2n) is 5.85. The summed E-state index contributed by atoms with van der Waals surface area (Å²) in [6, 6.07) is 7.31. The van der Waals surface area contributed by atoms with Crippen LogP contribution in [0.3, 0.4) is 0 Å². The average Bonchev–Trinajstić information content (AvgIpc) is 2.62.